The maximum Gasteiger partial charge on any atom is 0.310 e. The van der Waals surface area contributed by atoms with Crippen molar-refractivity contribution in [2.24, 2.45) is 7.05 Å². The Morgan fingerprint density at radius 1 is 1.39 bits per heavy atom. The highest BCUT2D eigenvalue weighted by Crippen LogP contribution is 2.33. The van der Waals surface area contributed by atoms with Crippen molar-refractivity contribution in [1.82, 2.24) is 14.5 Å². The van der Waals surface area contributed by atoms with Crippen LogP contribution in [0.25, 0.3) is 10.9 Å². The number of aromatic amines is 1. The number of imidazole rings is 1. The van der Waals surface area contributed by atoms with Gasteiger partial charge in [-0.1, -0.05) is 18.5 Å². The molecule has 1 N–H and O–H groups in total. The molecule has 3 rings (SSSR count). The van der Waals surface area contributed by atoms with E-state index >= 15 is 0 Å². The summed E-state index contributed by atoms with van der Waals surface area (Å²) < 4.78 is 6.98. The van der Waals surface area contributed by atoms with Gasteiger partial charge in [0.15, 0.2) is 11.6 Å². The fourth-order valence-electron chi connectivity index (χ4n) is 2.29. The molecule has 6 nitrogen and oxygen atoms in total. The molecule has 7 heteroatoms. The lowest BCUT2D eigenvalue weighted by Crippen LogP contribution is -2.13. The number of rotatable bonds is 4. The minimum absolute atomic E-state index is 0.179. The molecule has 0 unspecified atom stereocenters. The molecule has 0 aliphatic carbocycles. The first-order chi connectivity index (χ1) is 11.0. The van der Waals surface area contributed by atoms with Crippen molar-refractivity contribution in [3.8, 4) is 5.75 Å². The second-order valence-electron chi connectivity index (χ2n) is 5.04. The summed E-state index contributed by atoms with van der Waals surface area (Å²) in [5.41, 5.74) is 0.798. The molecule has 23 heavy (non-hydrogen) atoms. The first-order valence-corrected chi connectivity index (χ1v) is 7.43. The Kier molecular flexibility index (Phi) is 3.92. The van der Waals surface area contributed by atoms with Gasteiger partial charge in [-0.2, -0.15) is 0 Å². The normalized spacial score (nSPS) is 10.9. The largest absolute Gasteiger partial charge is 0.423 e. The molecule has 0 saturated carbocycles. The molecule has 0 atom stereocenters. The highest BCUT2D eigenvalue weighted by Gasteiger charge is 2.24. The van der Waals surface area contributed by atoms with Gasteiger partial charge >= 0.3 is 5.97 Å². The van der Waals surface area contributed by atoms with E-state index in [1.807, 2.05) is 0 Å². The summed E-state index contributed by atoms with van der Waals surface area (Å²) in [4.78, 5) is 31.5. The maximum absolute atomic E-state index is 12.7. The molecule has 3 aromatic rings. The fraction of sp³-hybridized carbons (Fsp3) is 0.188. The SMILES string of the molecule is CCC(=O)Oc1c(C(=O)c2nccn2C)[nH]c2cc(Cl)ccc12. The van der Waals surface area contributed by atoms with Crippen LogP contribution in [-0.2, 0) is 11.8 Å². The number of aryl methyl sites for hydroxylation is 1. The molecule has 0 fully saturated rings. The summed E-state index contributed by atoms with van der Waals surface area (Å²) in [6.07, 6.45) is 3.41. The zero-order valence-electron chi connectivity index (χ0n) is 12.6. The molecule has 118 valence electrons. The average molecular weight is 332 g/mol. The van der Waals surface area contributed by atoms with Crippen molar-refractivity contribution < 1.29 is 14.3 Å². The number of ketones is 1. The van der Waals surface area contributed by atoms with E-state index in [1.54, 1.807) is 42.9 Å². The second-order valence-corrected chi connectivity index (χ2v) is 5.47. The molecule has 0 aliphatic heterocycles. The Labute approximate surface area is 137 Å². The van der Waals surface area contributed by atoms with Crippen LogP contribution in [-0.4, -0.2) is 26.3 Å². The Hall–Kier alpha value is -2.60. The van der Waals surface area contributed by atoms with Crippen molar-refractivity contribution in [3.63, 3.8) is 0 Å². The van der Waals surface area contributed by atoms with E-state index in [4.69, 9.17) is 16.3 Å². The van der Waals surface area contributed by atoms with Crippen LogP contribution < -0.4 is 4.74 Å². The van der Waals surface area contributed by atoms with Crippen LogP contribution in [0, 0.1) is 0 Å². The van der Waals surface area contributed by atoms with Crippen molar-refractivity contribution in [2.45, 2.75) is 13.3 Å². The number of benzene rings is 1. The van der Waals surface area contributed by atoms with Gasteiger partial charge in [-0.3, -0.25) is 9.59 Å². The van der Waals surface area contributed by atoms with Crippen LogP contribution in [0.3, 0.4) is 0 Å². The summed E-state index contributed by atoms with van der Waals surface area (Å²) in [5.74, 6) is -0.327. The standard InChI is InChI=1S/C16H14ClN3O3/c1-3-12(21)23-15-10-5-4-9(17)8-11(10)19-13(15)14(22)16-18-6-7-20(16)2/h4-8,19H,3H2,1-2H3. The van der Waals surface area contributed by atoms with Gasteiger partial charge in [-0.05, 0) is 18.2 Å². The maximum atomic E-state index is 12.7. The molecular weight excluding hydrogens is 318 g/mol. The monoisotopic (exact) mass is 331 g/mol. The number of aromatic nitrogens is 3. The molecule has 0 spiro atoms. The van der Waals surface area contributed by atoms with Gasteiger partial charge in [0.25, 0.3) is 0 Å². The highest BCUT2D eigenvalue weighted by atomic mass is 35.5. The number of H-pyrrole nitrogens is 1. The van der Waals surface area contributed by atoms with E-state index in [-0.39, 0.29) is 29.5 Å². The number of esters is 1. The smallest absolute Gasteiger partial charge is 0.310 e. The number of halogens is 1. The van der Waals surface area contributed by atoms with Crippen LogP contribution in [0.1, 0.15) is 29.7 Å². The molecule has 2 heterocycles. The van der Waals surface area contributed by atoms with Gasteiger partial charge in [0.1, 0.15) is 5.69 Å². The number of nitrogens with one attached hydrogen (secondary N) is 1. The van der Waals surface area contributed by atoms with E-state index in [2.05, 4.69) is 9.97 Å². The van der Waals surface area contributed by atoms with Crippen LogP contribution in [0.2, 0.25) is 5.02 Å². The number of carbonyl (C=O) groups excluding carboxylic acids is 2. The molecule has 0 saturated heterocycles. The Bertz CT molecular complexity index is 911. The zero-order valence-corrected chi connectivity index (χ0v) is 13.3. The third-order valence-electron chi connectivity index (χ3n) is 3.47. The van der Waals surface area contributed by atoms with Gasteiger partial charge in [-0.25, -0.2) is 4.98 Å². The Balaban J connectivity index is 2.18. The summed E-state index contributed by atoms with van der Waals surface area (Å²) in [7, 11) is 1.72. The first-order valence-electron chi connectivity index (χ1n) is 7.05. The minimum atomic E-state index is -0.422. The lowest BCUT2D eigenvalue weighted by Gasteiger charge is -2.05. The van der Waals surface area contributed by atoms with Crippen LogP contribution >= 0.6 is 11.6 Å². The molecule has 0 aliphatic rings. The third-order valence-corrected chi connectivity index (χ3v) is 3.70. The highest BCUT2D eigenvalue weighted by molar-refractivity contribution is 6.31. The van der Waals surface area contributed by atoms with E-state index in [0.29, 0.717) is 15.9 Å². The first kappa shape index (κ1) is 15.3. The van der Waals surface area contributed by atoms with E-state index in [0.717, 1.165) is 0 Å². The van der Waals surface area contributed by atoms with Crippen LogP contribution in [0.15, 0.2) is 30.6 Å². The average Bonchev–Trinajstić information content (AvgIpc) is 3.10. The second kappa shape index (κ2) is 5.89. The van der Waals surface area contributed by atoms with Gasteiger partial charge < -0.3 is 14.3 Å². The fourth-order valence-corrected chi connectivity index (χ4v) is 2.46. The number of hydrogen-bond donors (Lipinski definition) is 1. The number of fused-ring (bicyclic) bond motifs is 1. The van der Waals surface area contributed by atoms with Gasteiger partial charge in [-0.15, -0.1) is 0 Å². The molecule has 0 amide bonds. The quantitative estimate of drug-likeness (QED) is 0.588. The molecule has 0 bridgehead atoms. The van der Waals surface area contributed by atoms with Crippen molar-refractivity contribution in [1.29, 1.82) is 0 Å². The summed E-state index contributed by atoms with van der Waals surface area (Å²) in [6.45, 7) is 1.69. The van der Waals surface area contributed by atoms with Gasteiger partial charge in [0.05, 0.1) is 5.52 Å². The van der Waals surface area contributed by atoms with Crippen molar-refractivity contribution in [2.75, 3.05) is 0 Å². The molecule has 0 radical (unpaired) electrons. The van der Waals surface area contributed by atoms with E-state index in [1.165, 1.54) is 6.20 Å². The predicted octanol–water partition coefficient (Wildman–Crippen LogP) is 3.10. The topological polar surface area (TPSA) is 77.0 Å². The number of ether oxygens (including phenoxy) is 1. The zero-order chi connectivity index (χ0) is 16.6. The van der Waals surface area contributed by atoms with Crippen LogP contribution in [0.4, 0.5) is 0 Å². The minimum Gasteiger partial charge on any atom is -0.423 e. The third kappa shape index (κ3) is 2.73. The van der Waals surface area contributed by atoms with Crippen molar-refractivity contribution in [3.05, 3.63) is 47.1 Å². The van der Waals surface area contributed by atoms with Gasteiger partial charge in [0, 0.05) is 36.3 Å². The Morgan fingerprint density at radius 3 is 2.83 bits per heavy atom. The molecule has 2 aromatic heterocycles. The van der Waals surface area contributed by atoms with Gasteiger partial charge in [0.2, 0.25) is 5.78 Å². The van der Waals surface area contributed by atoms with Crippen LogP contribution in [0.5, 0.6) is 5.75 Å². The van der Waals surface area contributed by atoms with E-state index < -0.39 is 5.97 Å². The summed E-state index contributed by atoms with van der Waals surface area (Å²) in [6, 6.07) is 5.06. The van der Waals surface area contributed by atoms with E-state index in [9.17, 15) is 9.59 Å². The molecule has 1 aromatic carbocycles. The lowest BCUT2D eigenvalue weighted by molar-refractivity contribution is -0.133. The number of nitrogens with zero attached hydrogens (tertiary/aromatic N) is 2. The lowest BCUT2D eigenvalue weighted by atomic mass is 10.2. The van der Waals surface area contributed by atoms with Crippen molar-refractivity contribution >= 4 is 34.3 Å². The molecular formula is C16H14ClN3O3. The number of hydrogen-bond acceptors (Lipinski definition) is 4. The number of carbonyl (C=O) groups is 2. The summed E-state index contributed by atoms with van der Waals surface area (Å²) in [5, 5.41) is 1.14. The predicted molar refractivity (Wildman–Crippen MR) is 85.9 cm³/mol. The summed E-state index contributed by atoms with van der Waals surface area (Å²) >= 11 is 5.99. The Morgan fingerprint density at radius 2 is 2.17 bits per heavy atom.